The van der Waals surface area contributed by atoms with E-state index in [1.54, 1.807) is 7.11 Å². The zero-order valence-electron chi connectivity index (χ0n) is 13.9. The molecule has 0 bridgehead atoms. The molecule has 0 aliphatic rings. The third kappa shape index (κ3) is 4.66. The van der Waals surface area contributed by atoms with Crippen LogP contribution >= 0.6 is 0 Å². The lowest BCUT2D eigenvalue weighted by molar-refractivity contribution is -0.120. The van der Waals surface area contributed by atoms with Crippen LogP contribution in [0.1, 0.15) is 37.3 Å². The predicted octanol–water partition coefficient (Wildman–Crippen LogP) is 2.35. The van der Waals surface area contributed by atoms with Crippen molar-refractivity contribution >= 4 is 16.8 Å². The summed E-state index contributed by atoms with van der Waals surface area (Å²) in [5.74, 6) is 0.157. The number of benzene rings is 1. The molecule has 1 heterocycles. The molecule has 1 aromatic heterocycles. The van der Waals surface area contributed by atoms with E-state index in [0.717, 1.165) is 28.5 Å². The molecular formula is C18H24N2O3. The molecule has 1 aromatic carbocycles. The van der Waals surface area contributed by atoms with Crippen molar-refractivity contribution in [2.45, 2.75) is 32.6 Å². The number of pyridine rings is 1. The van der Waals surface area contributed by atoms with Gasteiger partial charge in [0.15, 0.2) is 0 Å². The molecule has 0 saturated carbocycles. The Morgan fingerprint density at radius 1 is 1.30 bits per heavy atom. The molecule has 0 radical (unpaired) electrons. The zero-order valence-corrected chi connectivity index (χ0v) is 13.9. The van der Waals surface area contributed by atoms with Crippen molar-refractivity contribution in [1.82, 2.24) is 10.3 Å². The molecule has 0 fully saturated rings. The number of hydrogen-bond acceptors (Lipinski definition) is 3. The maximum Gasteiger partial charge on any atom is 0.251 e. The van der Waals surface area contributed by atoms with E-state index < -0.39 is 0 Å². The summed E-state index contributed by atoms with van der Waals surface area (Å²) in [6.07, 6.45) is 1.14. The van der Waals surface area contributed by atoms with Crippen LogP contribution in [-0.2, 0) is 16.0 Å². The van der Waals surface area contributed by atoms with Crippen molar-refractivity contribution in [3.63, 3.8) is 0 Å². The van der Waals surface area contributed by atoms with Gasteiger partial charge in [0.2, 0.25) is 5.91 Å². The molecule has 2 aromatic rings. The van der Waals surface area contributed by atoms with Crippen molar-refractivity contribution in [3.05, 3.63) is 45.7 Å². The molecule has 2 rings (SSSR count). The first kappa shape index (κ1) is 17.2. The normalized spacial score (nSPS) is 11.1. The van der Waals surface area contributed by atoms with Gasteiger partial charge in [0.1, 0.15) is 0 Å². The number of amides is 1. The Bertz CT molecular complexity index is 735. The van der Waals surface area contributed by atoms with Crippen molar-refractivity contribution in [3.8, 4) is 0 Å². The van der Waals surface area contributed by atoms with Crippen molar-refractivity contribution in [2.75, 3.05) is 20.3 Å². The Morgan fingerprint density at radius 2 is 2.09 bits per heavy atom. The second-order valence-corrected chi connectivity index (χ2v) is 6.00. The lowest BCUT2D eigenvalue weighted by atomic mass is 10.0. The van der Waals surface area contributed by atoms with E-state index in [9.17, 15) is 9.59 Å². The molecule has 0 aliphatic heterocycles. The molecular weight excluding hydrogens is 292 g/mol. The number of carbonyl (C=O) groups is 1. The molecule has 0 atom stereocenters. The summed E-state index contributed by atoms with van der Waals surface area (Å²) in [6, 6.07) is 7.61. The summed E-state index contributed by atoms with van der Waals surface area (Å²) in [4.78, 5) is 26.8. The first-order chi connectivity index (χ1) is 11.0. The Kier molecular flexibility index (Phi) is 5.93. The number of fused-ring (bicyclic) bond motifs is 1. The average molecular weight is 316 g/mol. The zero-order chi connectivity index (χ0) is 16.8. The number of H-pyrrole nitrogens is 1. The highest BCUT2D eigenvalue weighted by atomic mass is 16.5. The fourth-order valence-corrected chi connectivity index (χ4v) is 2.50. The number of methoxy groups -OCH3 is 1. The van der Waals surface area contributed by atoms with Gasteiger partial charge < -0.3 is 15.0 Å². The van der Waals surface area contributed by atoms with Gasteiger partial charge in [0, 0.05) is 31.3 Å². The van der Waals surface area contributed by atoms with Gasteiger partial charge in [0.25, 0.3) is 5.56 Å². The van der Waals surface area contributed by atoms with Crippen LogP contribution in [0, 0.1) is 0 Å². The standard InChI is InChI=1S/C18H24N2O3/c1-12(2)15-11-14-9-13(5-6-16(14)20-18(15)22)10-17(21)19-7-4-8-23-3/h5-6,9,11-12H,4,7-8,10H2,1-3H3,(H,19,21)(H,20,22). The number of hydrogen-bond donors (Lipinski definition) is 2. The van der Waals surface area contributed by atoms with Gasteiger partial charge in [-0.15, -0.1) is 0 Å². The number of carbonyl (C=O) groups excluding carboxylic acids is 1. The quantitative estimate of drug-likeness (QED) is 0.770. The highest BCUT2D eigenvalue weighted by Crippen LogP contribution is 2.18. The molecule has 0 unspecified atom stereocenters. The SMILES string of the molecule is COCCCNC(=O)Cc1ccc2[nH]c(=O)c(C(C)C)cc2c1. The van der Waals surface area contributed by atoms with Crippen LogP contribution in [-0.4, -0.2) is 31.2 Å². The number of aromatic nitrogens is 1. The summed E-state index contributed by atoms with van der Waals surface area (Å²) < 4.78 is 4.95. The largest absolute Gasteiger partial charge is 0.385 e. The van der Waals surface area contributed by atoms with Crippen LogP contribution in [0.3, 0.4) is 0 Å². The van der Waals surface area contributed by atoms with Gasteiger partial charge in [-0.2, -0.15) is 0 Å². The van der Waals surface area contributed by atoms with Crippen molar-refractivity contribution in [2.24, 2.45) is 0 Å². The molecule has 0 spiro atoms. The van der Waals surface area contributed by atoms with Crippen molar-refractivity contribution < 1.29 is 9.53 Å². The lowest BCUT2D eigenvalue weighted by Gasteiger charge is -2.08. The number of nitrogens with one attached hydrogen (secondary N) is 2. The minimum absolute atomic E-state index is 0.00559. The third-order valence-corrected chi connectivity index (χ3v) is 3.77. The fraction of sp³-hybridized carbons (Fsp3) is 0.444. The van der Waals surface area contributed by atoms with Gasteiger partial charge in [-0.3, -0.25) is 9.59 Å². The number of rotatable bonds is 7. The molecule has 5 heteroatoms. The van der Waals surface area contributed by atoms with Crippen LogP contribution in [0.2, 0.25) is 0 Å². The lowest BCUT2D eigenvalue weighted by Crippen LogP contribution is -2.26. The van der Waals surface area contributed by atoms with Gasteiger partial charge in [-0.25, -0.2) is 0 Å². The van der Waals surface area contributed by atoms with E-state index in [0.29, 0.717) is 19.6 Å². The van der Waals surface area contributed by atoms with Crippen LogP contribution in [0.15, 0.2) is 29.1 Å². The second-order valence-electron chi connectivity index (χ2n) is 6.00. The first-order valence-corrected chi connectivity index (χ1v) is 7.92. The van der Waals surface area contributed by atoms with E-state index >= 15 is 0 Å². The minimum atomic E-state index is -0.0452. The maximum atomic E-state index is 12.0. The third-order valence-electron chi connectivity index (χ3n) is 3.77. The molecule has 5 nitrogen and oxygen atoms in total. The van der Waals surface area contributed by atoms with Crippen LogP contribution in [0.5, 0.6) is 0 Å². The summed E-state index contributed by atoms with van der Waals surface area (Å²) in [7, 11) is 1.65. The van der Waals surface area contributed by atoms with Gasteiger partial charge in [0.05, 0.1) is 6.42 Å². The molecule has 2 N–H and O–H groups in total. The first-order valence-electron chi connectivity index (χ1n) is 7.92. The minimum Gasteiger partial charge on any atom is -0.385 e. The summed E-state index contributed by atoms with van der Waals surface area (Å²) in [5, 5.41) is 3.83. The monoisotopic (exact) mass is 316 g/mol. The molecule has 124 valence electrons. The molecule has 0 saturated heterocycles. The molecule has 23 heavy (non-hydrogen) atoms. The van der Waals surface area contributed by atoms with E-state index in [1.807, 2.05) is 38.1 Å². The molecule has 1 amide bonds. The topological polar surface area (TPSA) is 71.2 Å². The average Bonchev–Trinajstić information content (AvgIpc) is 2.51. The number of ether oxygens (including phenoxy) is 1. The predicted molar refractivity (Wildman–Crippen MR) is 91.9 cm³/mol. The van der Waals surface area contributed by atoms with Gasteiger partial charge in [-0.05, 0) is 41.5 Å². The maximum absolute atomic E-state index is 12.0. The van der Waals surface area contributed by atoms with E-state index in [1.165, 1.54) is 0 Å². The molecule has 0 aliphatic carbocycles. The second kappa shape index (κ2) is 7.92. The van der Waals surface area contributed by atoms with E-state index in [2.05, 4.69) is 10.3 Å². The van der Waals surface area contributed by atoms with Crippen LogP contribution in [0.25, 0.3) is 10.9 Å². The fourth-order valence-electron chi connectivity index (χ4n) is 2.50. The van der Waals surface area contributed by atoms with Gasteiger partial charge >= 0.3 is 0 Å². The summed E-state index contributed by atoms with van der Waals surface area (Å²) in [6.45, 7) is 5.24. The summed E-state index contributed by atoms with van der Waals surface area (Å²) >= 11 is 0. The van der Waals surface area contributed by atoms with Gasteiger partial charge in [-0.1, -0.05) is 19.9 Å². The van der Waals surface area contributed by atoms with Crippen LogP contribution in [0.4, 0.5) is 0 Å². The highest BCUT2D eigenvalue weighted by molar-refractivity contribution is 5.83. The Hall–Kier alpha value is -2.14. The smallest absolute Gasteiger partial charge is 0.251 e. The van der Waals surface area contributed by atoms with E-state index in [4.69, 9.17) is 4.74 Å². The Balaban J connectivity index is 2.11. The van der Waals surface area contributed by atoms with E-state index in [-0.39, 0.29) is 17.4 Å². The summed E-state index contributed by atoms with van der Waals surface area (Å²) in [5.41, 5.74) is 2.45. The highest BCUT2D eigenvalue weighted by Gasteiger charge is 2.08. The Labute approximate surface area is 136 Å². The Morgan fingerprint density at radius 3 is 2.78 bits per heavy atom. The van der Waals surface area contributed by atoms with Crippen LogP contribution < -0.4 is 10.9 Å². The van der Waals surface area contributed by atoms with Crippen molar-refractivity contribution in [1.29, 1.82) is 0 Å². The number of aromatic amines is 1.